The van der Waals surface area contributed by atoms with Crippen LogP contribution in [0.5, 0.6) is 0 Å². The summed E-state index contributed by atoms with van der Waals surface area (Å²) < 4.78 is 24.4. The number of hydrogen-bond donors (Lipinski definition) is 2. The predicted molar refractivity (Wildman–Crippen MR) is 97.7 cm³/mol. The van der Waals surface area contributed by atoms with Crippen molar-refractivity contribution in [2.24, 2.45) is 11.1 Å². The van der Waals surface area contributed by atoms with Gasteiger partial charge in [-0.25, -0.2) is 18.2 Å². The van der Waals surface area contributed by atoms with Gasteiger partial charge in [-0.1, -0.05) is 0 Å². The van der Waals surface area contributed by atoms with E-state index < -0.39 is 10.0 Å². The van der Waals surface area contributed by atoms with Crippen molar-refractivity contribution in [3.8, 4) is 0 Å². The molecule has 0 radical (unpaired) electrons. The summed E-state index contributed by atoms with van der Waals surface area (Å²) in [4.78, 5) is 14.4. The van der Waals surface area contributed by atoms with Gasteiger partial charge >= 0.3 is 0 Å². The molecule has 0 spiro atoms. The number of aromatic nitrogens is 2. The van der Waals surface area contributed by atoms with Crippen LogP contribution in [0.15, 0.2) is 6.07 Å². The summed E-state index contributed by atoms with van der Waals surface area (Å²) in [5.41, 5.74) is 0.610. The smallest absolute Gasteiger partial charge is 0.239 e. The van der Waals surface area contributed by atoms with Gasteiger partial charge in [0.1, 0.15) is 5.82 Å². The van der Waals surface area contributed by atoms with Gasteiger partial charge in [-0.3, -0.25) is 9.69 Å². The number of nitrogens with zero attached hydrogens (tertiary/aromatic N) is 3. The van der Waals surface area contributed by atoms with Gasteiger partial charge in [0.25, 0.3) is 0 Å². The lowest BCUT2D eigenvalue weighted by molar-refractivity contribution is -0.117. The van der Waals surface area contributed by atoms with E-state index in [-0.39, 0.29) is 29.7 Å². The summed E-state index contributed by atoms with van der Waals surface area (Å²) in [7, 11) is -3.48. The average molecular weight is 372 g/mol. The van der Waals surface area contributed by atoms with Crippen LogP contribution in [0.4, 0.5) is 5.82 Å². The summed E-state index contributed by atoms with van der Waals surface area (Å²) >= 11 is 0. The first kappa shape index (κ1) is 19.9. The van der Waals surface area contributed by atoms with E-state index in [0.29, 0.717) is 12.4 Å². The van der Waals surface area contributed by atoms with Crippen molar-refractivity contribution in [2.45, 2.75) is 46.1 Å². The number of nitrogens with one attached hydrogen (secondary N) is 1. The van der Waals surface area contributed by atoms with Crippen LogP contribution in [0.2, 0.25) is 0 Å². The molecule has 1 aliphatic rings. The Kier molecular flexibility index (Phi) is 5.90. The molecule has 1 atom stereocenters. The Morgan fingerprint density at radius 2 is 2.12 bits per heavy atom. The lowest BCUT2D eigenvalue weighted by Gasteiger charge is -2.31. The summed E-state index contributed by atoms with van der Waals surface area (Å²) in [6, 6.07) is 1.85. The third-order valence-electron chi connectivity index (χ3n) is 4.17. The molecule has 1 aromatic rings. The predicted octanol–water partition coefficient (Wildman–Crippen LogP) is 0.886. The highest BCUT2D eigenvalue weighted by atomic mass is 32.2. The summed E-state index contributed by atoms with van der Waals surface area (Å²) in [6.07, 6.45) is 1.69. The van der Waals surface area contributed by atoms with Gasteiger partial charge in [-0.05, 0) is 53.0 Å². The molecule has 8 nitrogen and oxygen atoms in total. The number of nitrogens with two attached hydrogens (primary N) is 1. The fraction of sp³-hybridized carbons (Fsp3) is 0.750. The first-order valence-corrected chi connectivity index (χ1v) is 10.3. The molecule has 1 amide bonds. The Bertz CT molecular complexity index is 721. The number of primary sulfonamides is 1. The number of anilines is 1. The van der Waals surface area contributed by atoms with Crippen molar-refractivity contribution in [3.63, 3.8) is 0 Å². The fourth-order valence-electron chi connectivity index (χ4n) is 3.24. The number of sulfonamides is 1. The lowest BCUT2D eigenvalue weighted by atomic mass is 10.0. The van der Waals surface area contributed by atoms with E-state index in [1.165, 1.54) is 0 Å². The van der Waals surface area contributed by atoms with Gasteiger partial charge in [0.15, 0.2) is 0 Å². The summed E-state index contributed by atoms with van der Waals surface area (Å²) in [5.74, 6) is 0.509. The van der Waals surface area contributed by atoms with Crippen LogP contribution < -0.4 is 10.5 Å². The second-order valence-electron chi connectivity index (χ2n) is 7.87. The van der Waals surface area contributed by atoms with Gasteiger partial charge < -0.3 is 5.32 Å². The SMILES string of the molecule is Cc1cc(NC(=O)CN2CCC[C@H](CS(N)(=O)=O)C2)n(C(C)(C)C)n1. The third-order valence-corrected chi connectivity index (χ3v) is 5.11. The number of aryl methyl sites for hydroxylation is 1. The Morgan fingerprint density at radius 1 is 1.44 bits per heavy atom. The van der Waals surface area contributed by atoms with Gasteiger partial charge in [0.05, 0.1) is 23.5 Å². The lowest BCUT2D eigenvalue weighted by Crippen LogP contribution is -2.43. The number of carbonyl (C=O) groups is 1. The molecule has 9 heteroatoms. The molecular formula is C16H29N5O3S. The number of amides is 1. The van der Waals surface area contributed by atoms with E-state index in [1.807, 2.05) is 38.7 Å². The molecule has 0 aromatic carbocycles. The minimum absolute atomic E-state index is 0.0149. The molecule has 1 aromatic heterocycles. The molecule has 0 bridgehead atoms. The first-order valence-electron chi connectivity index (χ1n) is 8.54. The zero-order valence-corrected chi connectivity index (χ0v) is 16.3. The van der Waals surface area contributed by atoms with Crippen molar-refractivity contribution in [3.05, 3.63) is 11.8 Å². The number of likely N-dealkylation sites (tertiary alicyclic amines) is 1. The minimum Gasteiger partial charge on any atom is -0.310 e. The van der Waals surface area contributed by atoms with Crippen LogP contribution >= 0.6 is 0 Å². The Balaban J connectivity index is 1.97. The van der Waals surface area contributed by atoms with Crippen LogP contribution in [0, 0.1) is 12.8 Å². The van der Waals surface area contributed by atoms with E-state index in [4.69, 9.17) is 5.14 Å². The van der Waals surface area contributed by atoms with Crippen LogP contribution in [0.1, 0.15) is 39.3 Å². The number of carbonyl (C=O) groups excluding carboxylic acids is 1. The minimum atomic E-state index is -3.48. The maximum Gasteiger partial charge on any atom is 0.239 e. The molecule has 1 fully saturated rings. The second-order valence-corrected chi connectivity index (χ2v) is 9.53. The van der Waals surface area contributed by atoms with E-state index >= 15 is 0 Å². The van der Waals surface area contributed by atoms with Gasteiger partial charge in [-0.2, -0.15) is 5.10 Å². The summed E-state index contributed by atoms with van der Waals surface area (Å²) in [6.45, 7) is 9.55. The Morgan fingerprint density at radius 3 is 2.72 bits per heavy atom. The quantitative estimate of drug-likeness (QED) is 0.798. The van der Waals surface area contributed by atoms with Gasteiger partial charge in [0, 0.05) is 12.6 Å². The van der Waals surface area contributed by atoms with Crippen LogP contribution in [0.3, 0.4) is 0 Å². The van der Waals surface area contributed by atoms with E-state index in [2.05, 4.69) is 10.4 Å². The zero-order valence-electron chi connectivity index (χ0n) is 15.4. The van der Waals surface area contributed by atoms with Crippen molar-refractivity contribution in [2.75, 3.05) is 30.7 Å². The maximum atomic E-state index is 12.4. The Hall–Kier alpha value is -1.45. The molecule has 2 heterocycles. The second kappa shape index (κ2) is 7.43. The first-order chi connectivity index (χ1) is 11.4. The fourth-order valence-corrected chi connectivity index (χ4v) is 4.17. The van der Waals surface area contributed by atoms with Crippen molar-refractivity contribution >= 4 is 21.7 Å². The molecule has 0 unspecified atom stereocenters. The highest BCUT2D eigenvalue weighted by Crippen LogP contribution is 2.22. The average Bonchev–Trinajstić information content (AvgIpc) is 2.77. The topological polar surface area (TPSA) is 110 Å². The zero-order chi connectivity index (χ0) is 18.8. The molecule has 2 rings (SSSR count). The molecule has 3 N–H and O–H groups in total. The maximum absolute atomic E-state index is 12.4. The largest absolute Gasteiger partial charge is 0.310 e. The van der Waals surface area contributed by atoms with E-state index in [9.17, 15) is 13.2 Å². The molecule has 25 heavy (non-hydrogen) atoms. The summed E-state index contributed by atoms with van der Waals surface area (Å²) in [5, 5.41) is 12.5. The molecule has 1 saturated heterocycles. The number of piperidine rings is 1. The van der Waals surface area contributed by atoms with Crippen LogP contribution in [-0.4, -0.2) is 54.4 Å². The normalized spacial score (nSPS) is 19.8. The monoisotopic (exact) mass is 371 g/mol. The number of rotatable bonds is 5. The molecule has 142 valence electrons. The van der Waals surface area contributed by atoms with Crippen molar-refractivity contribution in [1.82, 2.24) is 14.7 Å². The van der Waals surface area contributed by atoms with Crippen molar-refractivity contribution in [1.29, 1.82) is 0 Å². The Labute approximate surface area is 149 Å². The third kappa shape index (κ3) is 6.09. The van der Waals surface area contributed by atoms with Gasteiger partial charge in [-0.15, -0.1) is 0 Å². The number of hydrogen-bond acceptors (Lipinski definition) is 5. The van der Waals surface area contributed by atoms with Crippen molar-refractivity contribution < 1.29 is 13.2 Å². The van der Waals surface area contributed by atoms with Crippen LogP contribution in [0.25, 0.3) is 0 Å². The highest BCUT2D eigenvalue weighted by Gasteiger charge is 2.25. The van der Waals surface area contributed by atoms with Crippen LogP contribution in [-0.2, 0) is 20.4 Å². The van der Waals surface area contributed by atoms with E-state index in [1.54, 1.807) is 4.68 Å². The van der Waals surface area contributed by atoms with E-state index in [0.717, 1.165) is 25.1 Å². The molecular weight excluding hydrogens is 342 g/mol. The molecule has 0 saturated carbocycles. The molecule has 1 aliphatic heterocycles. The molecule has 0 aliphatic carbocycles. The standard InChI is InChI=1S/C16H29N5O3S/c1-12-8-14(21(19-12)16(2,3)4)18-15(22)10-20-7-5-6-13(9-20)11-25(17,23)24/h8,13H,5-7,9-11H2,1-4H3,(H,18,22)(H2,17,23,24)/t13-/m0/s1. The highest BCUT2D eigenvalue weighted by molar-refractivity contribution is 7.89. The van der Waals surface area contributed by atoms with Gasteiger partial charge in [0.2, 0.25) is 15.9 Å².